The Hall–Kier alpha value is -0.0800. The average molecular weight is 252 g/mol. The van der Waals surface area contributed by atoms with Gasteiger partial charge in [-0.3, -0.25) is 0 Å². The van der Waals surface area contributed by atoms with E-state index in [1.807, 2.05) is 0 Å². The third kappa shape index (κ3) is 3.48. The van der Waals surface area contributed by atoms with Gasteiger partial charge >= 0.3 is 0 Å². The Kier molecular flexibility index (Phi) is 4.71. The molecule has 0 bridgehead atoms. The highest BCUT2D eigenvalue weighted by molar-refractivity contribution is 4.90. The van der Waals surface area contributed by atoms with Crippen molar-refractivity contribution < 1.29 is 0 Å². The van der Waals surface area contributed by atoms with Crippen LogP contribution in [0.1, 0.15) is 53.4 Å². The first-order valence-electron chi connectivity index (χ1n) is 8.04. The Morgan fingerprint density at radius 2 is 1.61 bits per heavy atom. The standard InChI is InChI=1S/C16H32N2/c1-5-16(6-2,11-17-15-7-8-15)12-18-9-13(3)14(4)10-18/h13-15,17H,5-12H2,1-4H3. The summed E-state index contributed by atoms with van der Waals surface area (Å²) in [6.45, 7) is 14.7. The van der Waals surface area contributed by atoms with E-state index in [-0.39, 0.29) is 0 Å². The topological polar surface area (TPSA) is 15.3 Å². The van der Waals surface area contributed by atoms with Crippen molar-refractivity contribution in [2.75, 3.05) is 26.2 Å². The van der Waals surface area contributed by atoms with Gasteiger partial charge in [-0.2, -0.15) is 0 Å². The Bertz CT molecular complexity index is 246. The van der Waals surface area contributed by atoms with E-state index in [0.29, 0.717) is 5.41 Å². The van der Waals surface area contributed by atoms with Crippen LogP contribution < -0.4 is 5.32 Å². The molecule has 0 aromatic carbocycles. The second kappa shape index (κ2) is 5.92. The van der Waals surface area contributed by atoms with Gasteiger partial charge in [0.15, 0.2) is 0 Å². The Balaban J connectivity index is 1.87. The Labute approximate surface area is 114 Å². The van der Waals surface area contributed by atoms with Crippen molar-refractivity contribution in [3.05, 3.63) is 0 Å². The Morgan fingerprint density at radius 1 is 1.06 bits per heavy atom. The van der Waals surface area contributed by atoms with Crippen LogP contribution in [-0.4, -0.2) is 37.1 Å². The van der Waals surface area contributed by atoms with Crippen LogP contribution in [0.2, 0.25) is 0 Å². The highest BCUT2D eigenvalue weighted by Crippen LogP contribution is 2.32. The first kappa shape index (κ1) is 14.3. The fraction of sp³-hybridized carbons (Fsp3) is 1.00. The molecule has 1 saturated carbocycles. The molecule has 1 heterocycles. The molecule has 18 heavy (non-hydrogen) atoms. The molecule has 1 aliphatic carbocycles. The van der Waals surface area contributed by atoms with Gasteiger partial charge in [0.1, 0.15) is 0 Å². The van der Waals surface area contributed by atoms with Crippen LogP contribution in [0, 0.1) is 17.3 Å². The lowest BCUT2D eigenvalue weighted by molar-refractivity contribution is 0.150. The van der Waals surface area contributed by atoms with Crippen molar-refractivity contribution in [1.82, 2.24) is 10.2 Å². The van der Waals surface area contributed by atoms with E-state index in [0.717, 1.165) is 17.9 Å². The van der Waals surface area contributed by atoms with Gasteiger partial charge in [0, 0.05) is 32.2 Å². The summed E-state index contributed by atoms with van der Waals surface area (Å²) in [7, 11) is 0. The normalized spacial score (nSPS) is 30.0. The smallest absolute Gasteiger partial charge is 0.00684 e. The summed E-state index contributed by atoms with van der Waals surface area (Å²) in [5.74, 6) is 1.76. The van der Waals surface area contributed by atoms with Crippen LogP contribution in [0.15, 0.2) is 0 Å². The molecule has 2 fully saturated rings. The molecule has 2 nitrogen and oxygen atoms in total. The molecule has 0 amide bonds. The maximum Gasteiger partial charge on any atom is 0.00684 e. The zero-order valence-electron chi connectivity index (χ0n) is 12.8. The predicted octanol–water partition coefficient (Wildman–Crippen LogP) is 3.13. The summed E-state index contributed by atoms with van der Waals surface area (Å²) < 4.78 is 0. The van der Waals surface area contributed by atoms with Gasteiger partial charge in [0.2, 0.25) is 0 Å². The summed E-state index contributed by atoms with van der Waals surface area (Å²) in [5.41, 5.74) is 0.506. The van der Waals surface area contributed by atoms with Gasteiger partial charge in [-0.1, -0.05) is 27.7 Å². The van der Waals surface area contributed by atoms with Crippen LogP contribution >= 0.6 is 0 Å². The zero-order chi connectivity index (χ0) is 13.2. The molecule has 1 N–H and O–H groups in total. The average Bonchev–Trinajstić information content (AvgIpc) is 3.13. The lowest BCUT2D eigenvalue weighted by Gasteiger charge is -2.36. The molecule has 2 rings (SSSR count). The van der Waals surface area contributed by atoms with E-state index >= 15 is 0 Å². The van der Waals surface area contributed by atoms with E-state index in [2.05, 4.69) is 37.9 Å². The SMILES string of the molecule is CCC(CC)(CNC1CC1)CN1CC(C)C(C)C1. The molecular formula is C16H32N2. The quantitative estimate of drug-likeness (QED) is 0.749. The fourth-order valence-electron chi connectivity index (χ4n) is 3.28. The third-order valence-corrected chi connectivity index (χ3v) is 5.47. The number of hydrogen-bond donors (Lipinski definition) is 1. The maximum absolute atomic E-state index is 3.77. The molecule has 0 aromatic heterocycles. The second-order valence-electron chi connectivity index (χ2n) is 7.01. The summed E-state index contributed by atoms with van der Waals surface area (Å²) in [4.78, 5) is 2.72. The van der Waals surface area contributed by atoms with Crippen molar-refractivity contribution in [2.24, 2.45) is 17.3 Å². The molecule has 2 aliphatic rings. The van der Waals surface area contributed by atoms with E-state index < -0.39 is 0 Å². The van der Waals surface area contributed by atoms with Gasteiger partial charge in [-0.15, -0.1) is 0 Å². The summed E-state index contributed by atoms with van der Waals surface area (Å²) in [6, 6.07) is 0.846. The summed E-state index contributed by atoms with van der Waals surface area (Å²) >= 11 is 0. The van der Waals surface area contributed by atoms with E-state index in [1.54, 1.807) is 0 Å². The van der Waals surface area contributed by atoms with Crippen LogP contribution in [0.3, 0.4) is 0 Å². The van der Waals surface area contributed by atoms with E-state index in [1.165, 1.54) is 51.9 Å². The van der Waals surface area contributed by atoms with E-state index in [9.17, 15) is 0 Å². The molecule has 0 radical (unpaired) electrons. The lowest BCUT2D eigenvalue weighted by Crippen LogP contribution is -2.43. The molecular weight excluding hydrogens is 220 g/mol. The fourth-order valence-corrected chi connectivity index (χ4v) is 3.28. The second-order valence-corrected chi connectivity index (χ2v) is 7.01. The van der Waals surface area contributed by atoms with Crippen molar-refractivity contribution in [3.63, 3.8) is 0 Å². The van der Waals surface area contributed by atoms with Crippen LogP contribution in [0.5, 0.6) is 0 Å². The zero-order valence-corrected chi connectivity index (χ0v) is 12.8. The Morgan fingerprint density at radius 3 is 2.06 bits per heavy atom. The number of nitrogens with one attached hydrogen (secondary N) is 1. The minimum atomic E-state index is 0.506. The van der Waals surface area contributed by atoms with Crippen molar-refractivity contribution >= 4 is 0 Å². The highest BCUT2D eigenvalue weighted by Gasteiger charge is 2.35. The number of rotatable bonds is 7. The van der Waals surface area contributed by atoms with Crippen LogP contribution in [0.4, 0.5) is 0 Å². The highest BCUT2D eigenvalue weighted by atomic mass is 15.2. The maximum atomic E-state index is 3.77. The molecule has 1 aliphatic heterocycles. The van der Waals surface area contributed by atoms with E-state index in [4.69, 9.17) is 0 Å². The number of nitrogens with zero attached hydrogens (tertiary/aromatic N) is 1. The minimum absolute atomic E-state index is 0.506. The van der Waals surface area contributed by atoms with Gasteiger partial charge in [-0.05, 0) is 42.9 Å². The van der Waals surface area contributed by atoms with Crippen molar-refractivity contribution in [3.8, 4) is 0 Å². The molecule has 0 aromatic rings. The van der Waals surface area contributed by atoms with Crippen LogP contribution in [-0.2, 0) is 0 Å². The monoisotopic (exact) mass is 252 g/mol. The third-order valence-electron chi connectivity index (χ3n) is 5.47. The molecule has 106 valence electrons. The number of hydrogen-bond acceptors (Lipinski definition) is 2. The summed E-state index contributed by atoms with van der Waals surface area (Å²) in [5, 5.41) is 3.77. The first-order valence-corrected chi connectivity index (χ1v) is 8.04. The van der Waals surface area contributed by atoms with Gasteiger partial charge in [0.25, 0.3) is 0 Å². The molecule has 2 unspecified atom stereocenters. The largest absolute Gasteiger partial charge is 0.313 e. The van der Waals surface area contributed by atoms with Crippen molar-refractivity contribution in [1.29, 1.82) is 0 Å². The molecule has 2 heteroatoms. The molecule has 2 atom stereocenters. The minimum Gasteiger partial charge on any atom is -0.313 e. The molecule has 0 spiro atoms. The first-order chi connectivity index (χ1) is 8.58. The van der Waals surface area contributed by atoms with Gasteiger partial charge in [0.05, 0.1) is 0 Å². The predicted molar refractivity (Wildman–Crippen MR) is 78.8 cm³/mol. The van der Waals surface area contributed by atoms with Crippen LogP contribution in [0.25, 0.3) is 0 Å². The van der Waals surface area contributed by atoms with Crippen molar-refractivity contribution in [2.45, 2.75) is 59.4 Å². The number of likely N-dealkylation sites (tertiary alicyclic amines) is 1. The van der Waals surface area contributed by atoms with Gasteiger partial charge < -0.3 is 10.2 Å². The lowest BCUT2D eigenvalue weighted by atomic mass is 9.81. The van der Waals surface area contributed by atoms with Gasteiger partial charge in [-0.25, -0.2) is 0 Å². The molecule has 1 saturated heterocycles. The summed E-state index contributed by atoms with van der Waals surface area (Å²) in [6.07, 6.45) is 5.42.